The minimum absolute atomic E-state index is 0.338. The molecular formula is C27H29ClN2O3. The highest BCUT2D eigenvalue weighted by Gasteiger charge is 2.18. The summed E-state index contributed by atoms with van der Waals surface area (Å²) in [6.45, 7) is 6.55. The van der Waals surface area contributed by atoms with Gasteiger partial charge in [0.1, 0.15) is 12.4 Å². The third-order valence-corrected chi connectivity index (χ3v) is 6.24. The van der Waals surface area contributed by atoms with Crippen LogP contribution in [-0.2, 0) is 11.3 Å². The molecule has 3 aromatic carbocycles. The average molecular weight is 465 g/mol. The fourth-order valence-electron chi connectivity index (χ4n) is 4.08. The Kier molecular flexibility index (Phi) is 8.00. The summed E-state index contributed by atoms with van der Waals surface area (Å²) in [4.78, 5) is 16.5. The van der Waals surface area contributed by atoms with Gasteiger partial charge < -0.3 is 9.47 Å². The maximum Gasteiger partial charge on any atom is 0.337 e. The number of ether oxygens (including phenoxy) is 2. The number of esters is 1. The molecule has 1 saturated heterocycles. The largest absolute Gasteiger partial charge is 0.492 e. The Labute approximate surface area is 200 Å². The first kappa shape index (κ1) is 23.3. The van der Waals surface area contributed by atoms with E-state index in [1.807, 2.05) is 24.3 Å². The molecule has 4 rings (SSSR count). The summed E-state index contributed by atoms with van der Waals surface area (Å²) in [5.74, 6) is 0.426. The molecule has 1 heterocycles. The van der Waals surface area contributed by atoms with Gasteiger partial charge in [0.05, 0.1) is 12.7 Å². The number of nitrogens with zero attached hydrogens (tertiary/aromatic N) is 2. The molecule has 33 heavy (non-hydrogen) atoms. The molecule has 0 radical (unpaired) electrons. The van der Waals surface area contributed by atoms with Crippen molar-refractivity contribution < 1.29 is 14.3 Å². The smallest absolute Gasteiger partial charge is 0.337 e. The SMILES string of the molecule is COC(=O)c1ccc(OCCN2CCN(Cc3ccccc3-c3ccc(Cl)cc3)CC2)cc1. The molecular weight excluding hydrogens is 436 g/mol. The molecule has 172 valence electrons. The molecule has 1 aliphatic rings. The predicted molar refractivity (Wildman–Crippen MR) is 132 cm³/mol. The van der Waals surface area contributed by atoms with Crippen LogP contribution >= 0.6 is 11.6 Å². The lowest BCUT2D eigenvalue weighted by atomic mass is 9.99. The van der Waals surface area contributed by atoms with Crippen LogP contribution in [0.15, 0.2) is 72.8 Å². The number of carbonyl (C=O) groups excluding carboxylic acids is 1. The van der Waals surface area contributed by atoms with Gasteiger partial charge in [-0.2, -0.15) is 0 Å². The van der Waals surface area contributed by atoms with Gasteiger partial charge >= 0.3 is 5.97 Å². The van der Waals surface area contributed by atoms with Crippen LogP contribution < -0.4 is 4.74 Å². The van der Waals surface area contributed by atoms with Crippen LogP contribution in [0, 0.1) is 0 Å². The summed E-state index contributed by atoms with van der Waals surface area (Å²) >= 11 is 6.06. The van der Waals surface area contributed by atoms with Crippen LogP contribution in [0.4, 0.5) is 0 Å². The van der Waals surface area contributed by atoms with Crippen LogP contribution in [0.25, 0.3) is 11.1 Å². The molecule has 6 heteroatoms. The first-order valence-electron chi connectivity index (χ1n) is 11.2. The maximum absolute atomic E-state index is 11.5. The first-order valence-corrected chi connectivity index (χ1v) is 11.6. The van der Waals surface area contributed by atoms with Crippen molar-refractivity contribution in [3.63, 3.8) is 0 Å². The van der Waals surface area contributed by atoms with E-state index in [2.05, 4.69) is 46.2 Å². The number of methoxy groups -OCH3 is 1. The molecule has 3 aromatic rings. The van der Waals surface area contributed by atoms with Gasteiger partial charge in [-0.15, -0.1) is 0 Å². The molecule has 1 aliphatic heterocycles. The third kappa shape index (κ3) is 6.35. The van der Waals surface area contributed by atoms with Crippen LogP contribution in [0.5, 0.6) is 5.75 Å². The van der Waals surface area contributed by atoms with Gasteiger partial charge in [-0.3, -0.25) is 9.80 Å². The molecule has 0 aromatic heterocycles. The molecule has 0 aliphatic carbocycles. The van der Waals surface area contributed by atoms with E-state index in [0.29, 0.717) is 12.2 Å². The monoisotopic (exact) mass is 464 g/mol. The van der Waals surface area contributed by atoms with Crippen LogP contribution in [0.2, 0.25) is 5.02 Å². The zero-order valence-electron chi connectivity index (χ0n) is 18.9. The van der Waals surface area contributed by atoms with E-state index < -0.39 is 0 Å². The average Bonchev–Trinajstić information content (AvgIpc) is 2.86. The highest BCUT2D eigenvalue weighted by Crippen LogP contribution is 2.26. The van der Waals surface area contributed by atoms with E-state index in [-0.39, 0.29) is 5.97 Å². The second-order valence-electron chi connectivity index (χ2n) is 8.15. The lowest BCUT2D eigenvalue weighted by molar-refractivity contribution is 0.0600. The Morgan fingerprint density at radius 2 is 1.55 bits per heavy atom. The Hall–Kier alpha value is -2.86. The van der Waals surface area contributed by atoms with Crippen LogP contribution in [0.3, 0.4) is 0 Å². The number of piperazine rings is 1. The second-order valence-corrected chi connectivity index (χ2v) is 8.58. The number of carbonyl (C=O) groups is 1. The van der Waals surface area contributed by atoms with E-state index >= 15 is 0 Å². The lowest BCUT2D eigenvalue weighted by Crippen LogP contribution is -2.47. The highest BCUT2D eigenvalue weighted by atomic mass is 35.5. The normalized spacial score (nSPS) is 14.7. The van der Waals surface area contributed by atoms with Crippen molar-refractivity contribution in [3.05, 3.63) is 88.9 Å². The standard InChI is InChI=1S/C27H29ClN2O3/c1-32-27(31)22-8-12-25(13-9-22)33-19-18-29-14-16-30(17-15-29)20-23-4-2-3-5-26(23)21-6-10-24(28)11-7-21/h2-13H,14-20H2,1H3. The summed E-state index contributed by atoms with van der Waals surface area (Å²) in [6, 6.07) is 23.7. The van der Waals surface area contributed by atoms with Gasteiger partial charge in [0.2, 0.25) is 0 Å². The first-order chi connectivity index (χ1) is 16.1. The minimum atomic E-state index is -0.338. The molecule has 0 spiro atoms. The van der Waals surface area contributed by atoms with Gasteiger partial charge in [0.25, 0.3) is 0 Å². The fourth-order valence-corrected chi connectivity index (χ4v) is 4.20. The van der Waals surface area contributed by atoms with E-state index in [0.717, 1.165) is 50.0 Å². The Morgan fingerprint density at radius 3 is 2.24 bits per heavy atom. The lowest BCUT2D eigenvalue weighted by Gasteiger charge is -2.35. The van der Waals surface area contributed by atoms with Crippen molar-refractivity contribution in [2.75, 3.05) is 46.4 Å². The van der Waals surface area contributed by atoms with Crippen LogP contribution in [-0.4, -0.2) is 62.2 Å². The van der Waals surface area contributed by atoms with Crippen molar-refractivity contribution in [1.29, 1.82) is 0 Å². The highest BCUT2D eigenvalue weighted by molar-refractivity contribution is 6.30. The van der Waals surface area contributed by atoms with E-state index in [4.69, 9.17) is 21.1 Å². The topological polar surface area (TPSA) is 42.0 Å². The van der Waals surface area contributed by atoms with Crippen molar-refractivity contribution in [3.8, 4) is 16.9 Å². The summed E-state index contributed by atoms with van der Waals surface area (Å²) < 4.78 is 10.6. The Balaban J connectivity index is 1.24. The Bertz CT molecular complexity index is 1050. The van der Waals surface area contributed by atoms with Crippen LogP contribution in [0.1, 0.15) is 15.9 Å². The molecule has 0 atom stereocenters. The van der Waals surface area contributed by atoms with E-state index in [9.17, 15) is 4.79 Å². The zero-order valence-corrected chi connectivity index (χ0v) is 19.6. The summed E-state index contributed by atoms with van der Waals surface area (Å²) in [5, 5.41) is 0.759. The molecule has 5 nitrogen and oxygen atoms in total. The molecule has 0 saturated carbocycles. The van der Waals surface area contributed by atoms with Gasteiger partial charge in [0.15, 0.2) is 0 Å². The van der Waals surface area contributed by atoms with Crippen molar-refractivity contribution in [2.24, 2.45) is 0 Å². The van der Waals surface area contributed by atoms with Gasteiger partial charge in [-0.05, 0) is 53.1 Å². The van der Waals surface area contributed by atoms with Gasteiger partial charge in [-0.1, -0.05) is 48.0 Å². The quantitative estimate of drug-likeness (QED) is 0.439. The minimum Gasteiger partial charge on any atom is -0.492 e. The number of halogens is 1. The molecule has 0 N–H and O–H groups in total. The van der Waals surface area contributed by atoms with Gasteiger partial charge in [0, 0.05) is 44.3 Å². The number of hydrogen-bond acceptors (Lipinski definition) is 5. The summed E-state index contributed by atoms with van der Waals surface area (Å²) in [6.07, 6.45) is 0. The number of hydrogen-bond donors (Lipinski definition) is 0. The molecule has 0 amide bonds. The Morgan fingerprint density at radius 1 is 0.879 bits per heavy atom. The fraction of sp³-hybridized carbons (Fsp3) is 0.296. The summed E-state index contributed by atoms with van der Waals surface area (Å²) in [5.41, 5.74) is 4.33. The van der Waals surface area contributed by atoms with Gasteiger partial charge in [-0.25, -0.2) is 4.79 Å². The van der Waals surface area contributed by atoms with E-state index in [1.54, 1.807) is 12.1 Å². The van der Waals surface area contributed by atoms with Crippen molar-refractivity contribution >= 4 is 17.6 Å². The second kappa shape index (κ2) is 11.3. The molecule has 1 fully saturated rings. The number of benzene rings is 3. The van der Waals surface area contributed by atoms with Crippen molar-refractivity contribution in [1.82, 2.24) is 9.80 Å². The van der Waals surface area contributed by atoms with Crippen molar-refractivity contribution in [2.45, 2.75) is 6.54 Å². The molecule has 0 bridgehead atoms. The van der Waals surface area contributed by atoms with E-state index in [1.165, 1.54) is 23.8 Å². The predicted octanol–water partition coefficient (Wildman–Crippen LogP) is 4.99. The molecule has 0 unspecified atom stereocenters. The number of rotatable bonds is 8. The summed E-state index contributed by atoms with van der Waals surface area (Å²) in [7, 11) is 1.38. The zero-order chi connectivity index (χ0) is 23.0. The maximum atomic E-state index is 11.5. The third-order valence-electron chi connectivity index (χ3n) is 5.98.